The number of nitrogens with zero attached hydrogens (tertiary/aromatic N) is 1. The zero-order chi connectivity index (χ0) is 20.0. The third-order valence-corrected chi connectivity index (χ3v) is 7.80. The van der Waals surface area contributed by atoms with Gasteiger partial charge in [-0.2, -0.15) is 12.8 Å². The summed E-state index contributed by atoms with van der Waals surface area (Å²) in [5.74, 6) is -14.0. The first-order valence-electron chi connectivity index (χ1n) is 6.06. The second-order valence-corrected chi connectivity index (χ2v) is 9.55. The lowest BCUT2D eigenvalue weighted by Crippen LogP contribution is -2.23. The molecule has 0 spiro atoms. The van der Waals surface area contributed by atoms with Gasteiger partial charge >= 0.3 is 0 Å². The molecule has 0 amide bonds. The van der Waals surface area contributed by atoms with Gasteiger partial charge in [0.25, 0.3) is 10.0 Å². The molecular formula is C13H2F5I3NO3S-. The van der Waals surface area contributed by atoms with Gasteiger partial charge in [0.2, 0.25) is 5.82 Å². The van der Waals surface area contributed by atoms with Crippen LogP contribution in [-0.4, -0.2) is 14.3 Å². The van der Waals surface area contributed by atoms with Crippen LogP contribution < -0.4 is 5.11 Å². The van der Waals surface area contributed by atoms with Gasteiger partial charge in [-0.25, -0.2) is 22.0 Å². The molecule has 0 aliphatic rings. The molecule has 0 atom stereocenters. The van der Waals surface area contributed by atoms with E-state index in [1.807, 2.05) is 45.2 Å². The van der Waals surface area contributed by atoms with E-state index in [0.717, 1.165) is 0 Å². The molecule has 0 saturated heterocycles. The van der Waals surface area contributed by atoms with Crippen LogP contribution in [0.5, 0.6) is 0 Å². The number of benzene rings is 2. The molecule has 0 N–H and O–H groups in total. The Bertz CT molecular complexity index is 1030. The van der Waals surface area contributed by atoms with E-state index < -0.39 is 49.9 Å². The summed E-state index contributed by atoms with van der Waals surface area (Å²) in [6, 6.07) is 2.93. The predicted octanol–water partition coefficient (Wildman–Crippen LogP) is 3.69. The zero-order valence-electron chi connectivity index (χ0n) is 11.8. The van der Waals surface area contributed by atoms with Crippen molar-refractivity contribution in [1.82, 2.24) is 0 Å². The Morgan fingerprint density at radius 1 is 0.885 bits per heavy atom. The first-order valence-corrected chi connectivity index (χ1v) is 10.7. The fourth-order valence-corrected chi connectivity index (χ4v) is 5.15. The third kappa shape index (κ3) is 4.08. The lowest BCUT2D eigenvalue weighted by molar-refractivity contribution is -0.212. The summed E-state index contributed by atoms with van der Waals surface area (Å²) in [6.07, 6.45) is 0. The van der Waals surface area contributed by atoms with Gasteiger partial charge in [0.05, 0.1) is 0 Å². The molecule has 0 heterocycles. The maximum Gasteiger partial charge on any atom is 0.287 e. The van der Waals surface area contributed by atoms with Gasteiger partial charge in [-0.3, -0.25) is 0 Å². The molecule has 0 unspecified atom stereocenters. The molecule has 0 aliphatic heterocycles. The summed E-state index contributed by atoms with van der Waals surface area (Å²) in [5.41, 5.74) is -0.200. The highest BCUT2D eigenvalue weighted by atomic mass is 127. The normalized spacial score (nSPS) is 12.5. The van der Waals surface area contributed by atoms with Crippen molar-refractivity contribution in [2.75, 3.05) is 0 Å². The number of hydrogen-bond acceptors (Lipinski definition) is 3. The van der Waals surface area contributed by atoms with Crippen LogP contribution in [0, 0.1) is 39.8 Å². The molecular weight excluding hydrogens is 726 g/mol. The van der Waals surface area contributed by atoms with Crippen molar-refractivity contribution in [2.24, 2.45) is 4.40 Å². The Morgan fingerprint density at radius 3 is 1.85 bits per heavy atom. The van der Waals surface area contributed by atoms with Gasteiger partial charge in [0.1, 0.15) is 0 Å². The summed E-state index contributed by atoms with van der Waals surface area (Å²) in [4.78, 5) is -2.18. The standard InChI is InChI=1S/C13H3F5I3NO3S/c14-6-7(15)9(17)12(10(18)8(6)16)26(24,25)22-13(23)4-1-3(19)2-5(20)11(4)21/h1-2H,(H,22,23)/p-1. The summed E-state index contributed by atoms with van der Waals surface area (Å²) in [6.45, 7) is 0. The predicted molar refractivity (Wildman–Crippen MR) is 105 cm³/mol. The first kappa shape index (κ1) is 22.0. The van der Waals surface area contributed by atoms with E-state index in [9.17, 15) is 35.5 Å². The molecule has 0 aromatic heterocycles. The third-order valence-electron chi connectivity index (χ3n) is 2.85. The minimum Gasteiger partial charge on any atom is -0.858 e. The summed E-state index contributed by atoms with van der Waals surface area (Å²) in [5, 5.41) is 12.2. The minimum atomic E-state index is -5.50. The van der Waals surface area contributed by atoms with Crippen molar-refractivity contribution in [1.29, 1.82) is 0 Å². The number of rotatable bonds is 3. The lowest BCUT2D eigenvalue weighted by atomic mass is 10.2. The quantitative estimate of drug-likeness (QED) is 0.121. The Morgan fingerprint density at radius 2 is 1.35 bits per heavy atom. The highest BCUT2D eigenvalue weighted by Gasteiger charge is 2.33. The fraction of sp³-hybridized carbons (Fsp3) is 0. The molecule has 140 valence electrons. The number of hydrogen-bond donors (Lipinski definition) is 0. The van der Waals surface area contributed by atoms with Crippen LogP contribution in [0.25, 0.3) is 0 Å². The molecule has 2 rings (SSSR count). The second kappa shape index (κ2) is 7.98. The fourth-order valence-electron chi connectivity index (χ4n) is 1.73. The van der Waals surface area contributed by atoms with Crippen molar-refractivity contribution in [3.63, 3.8) is 0 Å². The Kier molecular flexibility index (Phi) is 6.75. The summed E-state index contributed by atoms with van der Waals surface area (Å²) in [7, 11) is -5.50. The van der Waals surface area contributed by atoms with Gasteiger partial charge in [-0.15, -0.1) is 0 Å². The first-order chi connectivity index (χ1) is 11.9. The van der Waals surface area contributed by atoms with Crippen molar-refractivity contribution < 1.29 is 35.5 Å². The van der Waals surface area contributed by atoms with Gasteiger partial charge in [0, 0.05) is 22.2 Å². The molecule has 4 nitrogen and oxygen atoms in total. The van der Waals surface area contributed by atoms with Crippen molar-refractivity contribution in [3.05, 3.63) is 57.5 Å². The van der Waals surface area contributed by atoms with E-state index in [-0.39, 0.29) is 5.56 Å². The molecule has 0 aliphatic carbocycles. The Labute approximate surface area is 184 Å². The molecule has 0 fully saturated rings. The van der Waals surface area contributed by atoms with E-state index in [1.54, 1.807) is 28.7 Å². The van der Waals surface area contributed by atoms with E-state index in [0.29, 0.717) is 10.7 Å². The highest BCUT2D eigenvalue weighted by Crippen LogP contribution is 2.29. The van der Waals surface area contributed by atoms with Crippen LogP contribution in [0.2, 0.25) is 0 Å². The van der Waals surface area contributed by atoms with Crippen LogP contribution in [0.4, 0.5) is 22.0 Å². The topological polar surface area (TPSA) is 69.6 Å². The van der Waals surface area contributed by atoms with E-state index in [1.165, 1.54) is 6.07 Å². The summed E-state index contributed by atoms with van der Waals surface area (Å²) >= 11 is 5.43. The highest BCUT2D eigenvalue weighted by molar-refractivity contribution is 14.1. The molecule has 26 heavy (non-hydrogen) atoms. The van der Waals surface area contributed by atoms with Crippen LogP contribution in [0.3, 0.4) is 0 Å². The van der Waals surface area contributed by atoms with Crippen LogP contribution in [-0.2, 0) is 10.0 Å². The van der Waals surface area contributed by atoms with E-state index >= 15 is 0 Å². The van der Waals surface area contributed by atoms with Crippen LogP contribution in [0.1, 0.15) is 5.56 Å². The van der Waals surface area contributed by atoms with Gasteiger partial charge in [0.15, 0.2) is 28.2 Å². The molecule has 13 heteroatoms. The van der Waals surface area contributed by atoms with Crippen LogP contribution in [0.15, 0.2) is 21.4 Å². The smallest absolute Gasteiger partial charge is 0.287 e. The second-order valence-electron chi connectivity index (χ2n) is 4.52. The Balaban J connectivity index is 2.73. The SMILES string of the molecule is O=S(=O)(/N=C(\[O-])c1cc(I)cc(I)c1I)c1c(F)c(F)c(F)c(F)c1F. The average Bonchev–Trinajstić information content (AvgIpc) is 2.53. The monoisotopic (exact) mass is 728 g/mol. The van der Waals surface area contributed by atoms with Crippen molar-refractivity contribution >= 4 is 83.7 Å². The molecule has 0 radical (unpaired) electrons. The van der Waals surface area contributed by atoms with Gasteiger partial charge in [-0.05, 0) is 79.9 Å². The zero-order valence-corrected chi connectivity index (χ0v) is 19.0. The van der Waals surface area contributed by atoms with Gasteiger partial charge in [-0.1, -0.05) is 0 Å². The molecule has 2 aromatic carbocycles. The Hall–Kier alpha value is -0.300. The largest absolute Gasteiger partial charge is 0.858 e. The average molecular weight is 728 g/mol. The van der Waals surface area contributed by atoms with E-state index in [4.69, 9.17) is 0 Å². The molecule has 0 bridgehead atoms. The summed E-state index contributed by atoms with van der Waals surface area (Å²) < 4.78 is 95.0. The lowest BCUT2D eigenvalue weighted by Gasteiger charge is -2.15. The maximum absolute atomic E-state index is 13.7. The van der Waals surface area contributed by atoms with Crippen molar-refractivity contribution in [2.45, 2.75) is 4.90 Å². The number of halogens is 8. The van der Waals surface area contributed by atoms with Gasteiger partial charge < -0.3 is 5.11 Å². The maximum atomic E-state index is 13.7. The molecule has 2 aromatic rings. The number of sulfonamides is 1. The van der Waals surface area contributed by atoms with E-state index in [2.05, 4.69) is 4.40 Å². The van der Waals surface area contributed by atoms with Crippen LogP contribution >= 0.6 is 67.8 Å². The van der Waals surface area contributed by atoms with Crippen molar-refractivity contribution in [3.8, 4) is 0 Å². The molecule has 0 saturated carbocycles. The minimum absolute atomic E-state index is 0.200.